The molecule has 3 aromatic rings. The molecule has 0 aliphatic carbocycles. The molecule has 0 atom stereocenters. The van der Waals surface area contributed by atoms with Gasteiger partial charge in [0.25, 0.3) is 0 Å². The second kappa shape index (κ2) is 8.72. The summed E-state index contributed by atoms with van der Waals surface area (Å²) in [5, 5.41) is 17.7. The Hall–Kier alpha value is -3.11. The molecule has 0 radical (unpaired) electrons. The predicted molar refractivity (Wildman–Crippen MR) is 120 cm³/mol. The van der Waals surface area contributed by atoms with Crippen molar-refractivity contribution in [3.05, 3.63) is 63.6 Å². The molecule has 6 nitrogen and oxygen atoms in total. The highest BCUT2D eigenvalue weighted by Gasteiger charge is 2.17. The Morgan fingerprint density at radius 2 is 1.73 bits per heavy atom. The largest absolute Gasteiger partial charge is 0.322 e. The summed E-state index contributed by atoms with van der Waals surface area (Å²) in [7, 11) is 0. The minimum Gasteiger partial charge on any atom is -0.322 e. The third kappa shape index (κ3) is 4.24. The molecule has 0 aliphatic rings. The van der Waals surface area contributed by atoms with Crippen molar-refractivity contribution >= 4 is 23.4 Å². The fourth-order valence-corrected chi connectivity index (χ4v) is 4.10. The number of rotatable bonds is 5. The lowest BCUT2D eigenvalue weighted by molar-refractivity contribution is -0.113. The quantitative estimate of drug-likeness (QED) is 0.605. The molecule has 0 saturated carbocycles. The standard InChI is InChI=1S/C23H25N5OS/c1-13-7-9-19(10-8-13)28-18(6)22(17(5)27-28)26-21(29)12-30-23-20(11-24)15(3)14(2)16(4)25-23/h7-10H,12H2,1-6H3,(H,26,29). The summed E-state index contributed by atoms with van der Waals surface area (Å²) in [5.74, 6) is 0.00862. The molecule has 3 rings (SSSR count). The number of aromatic nitrogens is 3. The fraction of sp³-hybridized carbons (Fsp3) is 0.304. The second-order valence-corrected chi connectivity index (χ2v) is 8.33. The van der Waals surface area contributed by atoms with Crippen LogP contribution in [0.1, 0.15) is 39.3 Å². The van der Waals surface area contributed by atoms with E-state index in [2.05, 4.69) is 21.5 Å². The van der Waals surface area contributed by atoms with Crippen LogP contribution in [0.3, 0.4) is 0 Å². The average Bonchev–Trinajstić information content (AvgIpc) is 2.99. The molecule has 30 heavy (non-hydrogen) atoms. The first kappa shape index (κ1) is 21.6. The maximum Gasteiger partial charge on any atom is 0.234 e. The van der Waals surface area contributed by atoms with Gasteiger partial charge in [-0.05, 0) is 64.8 Å². The van der Waals surface area contributed by atoms with Gasteiger partial charge in [-0.2, -0.15) is 10.4 Å². The van der Waals surface area contributed by atoms with Crippen LogP contribution < -0.4 is 5.32 Å². The highest BCUT2D eigenvalue weighted by atomic mass is 32.2. The van der Waals surface area contributed by atoms with E-state index in [4.69, 9.17) is 0 Å². The summed E-state index contributed by atoms with van der Waals surface area (Å²) in [6.45, 7) is 11.6. The van der Waals surface area contributed by atoms with Crippen LogP contribution in [0.25, 0.3) is 5.69 Å². The smallest absolute Gasteiger partial charge is 0.234 e. The number of nitrogens with one attached hydrogen (secondary N) is 1. The van der Waals surface area contributed by atoms with E-state index in [0.717, 1.165) is 33.9 Å². The van der Waals surface area contributed by atoms with E-state index in [-0.39, 0.29) is 11.7 Å². The molecule has 0 spiro atoms. The molecule has 0 fully saturated rings. The number of amides is 1. The average molecular weight is 420 g/mol. The number of hydrogen-bond acceptors (Lipinski definition) is 5. The van der Waals surface area contributed by atoms with Crippen molar-refractivity contribution in [1.82, 2.24) is 14.8 Å². The van der Waals surface area contributed by atoms with Crippen molar-refractivity contribution in [3.8, 4) is 11.8 Å². The maximum atomic E-state index is 12.6. The lowest BCUT2D eigenvalue weighted by Gasteiger charge is -2.11. The lowest BCUT2D eigenvalue weighted by atomic mass is 10.1. The van der Waals surface area contributed by atoms with Gasteiger partial charge >= 0.3 is 0 Å². The van der Waals surface area contributed by atoms with Gasteiger partial charge in [-0.15, -0.1) is 0 Å². The molecule has 0 aliphatic heterocycles. The minimum atomic E-state index is -0.156. The van der Waals surface area contributed by atoms with Crippen LogP contribution in [0, 0.1) is 52.9 Å². The number of carbonyl (C=O) groups excluding carboxylic acids is 1. The van der Waals surface area contributed by atoms with Crippen molar-refractivity contribution in [1.29, 1.82) is 5.26 Å². The van der Waals surface area contributed by atoms with E-state index >= 15 is 0 Å². The molecule has 2 aromatic heterocycles. The van der Waals surface area contributed by atoms with Gasteiger partial charge in [0.05, 0.1) is 34.1 Å². The molecular formula is C23H25N5OS. The minimum absolute atomic E-state index is 0.156. The van der Waals surface area contributed by atoms with Gasteiger partial charge in [-0.3, -0.25) is 4.79 Å². The Morgan fingerprint density at radius 3 is 2.37 bits per heavy atom. The highest BCUT2D eigenvalue weighted by molar-refractivity contribution is 8.00. The Kier molecular flexibility index (Phi) is 6.28. The summed E-state index contributed by atoms with van der Waals surface area (Å²) in [6.07, 6.45) is 0. The van der Waals surface area contributed by atoms with E-state index in [0.29, 0.717) is 16.3 Å². The van der Waals surface area contributed by atoms with Crippen molar-refractivity contribution < 1.29 is 4.79 Å². The normalized spacial score (nSPS) is 10.7. The number of hydrogen-bond donors (Lipinski definition) is 1. The molecule has 7 heteroatoms. The van der Waals surface area contributed by atoms with Gasteiger partial charge in [0.15, 0.2) is 0 Å². The van der Waals surface area contributed by atoms with Gasteiger partial charge in [-0.1, -0.05) is 29.5 Å². The van der Waals surface area contributed by atoms with E-state index in [1.807, 2.05) is 70.5 Å². The molecule has 154 valence electrons. The zero-order chi connectivity index (χ0) is 22.0. The molecule has 0 bridgehead atoms. The summed E-state index contributed by atoms with van der Waals surface area (Å²) in [4.78, 5) is 17.2. The molecule has 2 heterocycles. The number of thioether (sulfide) groups is 1. The van der Waals surface area contributed by atoms with Gasteiger partial charge in [-0.25, -0.2) is 9.67 Å². The summed E-state index contributed by atoms with van der Waals surface area (Å²) in [5.41, 5.74) is 7.80. The number of anilines is 1. The van der Waals surface area contributed by atoms with Gasteiger partial charge < -0.3 is 5.32 Å². The number of nitriles is 1. The summed E-state index contributed by atoms with van der Waals surface area (Å²) in [6, 6.07) is 10.3. The monoisotopic (exact) mass is 419 g/mol. The third-order valence-corrected chi connectivity index (χ3v) is 6.22. The van der Waals surface area contributed by atoms with Gasteiger partial charge in [0, 0.05) is 5.69 Å². The Labute approximate surface area is 181 Å². The maximum absolute atomic E-state index is 12.6. The van der Waals surface area contributed by atoms with Crippen LogP contribution in [-0.4, -0.2) is 26.4 Å². The first-order valence-electron chi connectivity index (χ1n) is 9.66. The second-order valence-electron chi connectivity index (χ2n) is 7.37. The SMILES string of the molecule is Cc1ccc(-n2nc(C)c(NC(=O)CSc3nc(C)c(C)c(C)c3C#N)c2C)cc1. The van der Waals surface area contributed by atoms with Crippen molar-refractivity contribution in [3.63, 3.8) is 0 Å². The molecule has 0 saturated heterocycles. The van der Waals surface area contributed by atoms with Crippen LogP contribution in [0.4, 0.5) is 5.69 Å². The van der Waals surface area contributed by atoms with Crippen molar-refractivity contribution in [2.45, 2.75) is 46.6 Å². The van der Waals surface area contributed by atoms with Crippen LogP contribution in [-0.2, 0) is 4.79 Å². The molecule has 1 amide bonds. The molecule has 1 aromatic carbocycles. The number of carbonyl (C=O) groups is 1. The molecule has 0 unspecified atom stereocenters. The summed E-state index contributed by atoms with van der Waals surface area (Å²) < 4.78 is 1.83. The lowest BCUT2D eigenvalue weighted by Crippen LogP contribution is -2.15. The van der Waals surface area contributed by atoms with E-state index in [1.54, 1.807) is 0 Å². The van der Waals surface area contributed by atoms with Crippen LogP contribution in [0.2, 0.25) is 0 Å². The Morgan fingerprint density at radius 1 is 1.07 bits per heavy atom. The van der Waals surface area contributed by atoms with Crippen LogP contribution in [0.15, 0.2) is 29.3 Å². The third-order valence-electron chi connectivity index (χ3n) is 5.25. The Balaban J connectivity index is 1.77. The highest BCUT2D eigenvalue weighted by Crippen LogP contribution is 2.27. The van der Waals surface area contributed by atoms with Gasteiger partial charge in [0.2, 0.25) is 5.91 Å². The molecule has 1 N–H and O–H groups in total. The Bertz CT molecular complexity index is 1160. The first-order valence-corrected chi connectivity index (χ1v) is 10.6. The predicted octanol–water partition coefficient (Wildman–Crippen LogP) is 4.72. The number of benzene rings is 1. The van der Waals surface area contributed by atoms with Gasteiger partial charge in [0.1, 0.15) is 11.1 Å². The zero-order valence-corrected chi connectivity index (χ0v) is 18.9. The van der Waals surface area contributed by atoms with Crippen molar-refractivity contribution in [2.75, 3.05) is 11.1 Å². The van der Waals surface area contributed by atoms with E-state index in [1.165, 1.54) is 17.3 Å². The van der Waals surface area contributed by atoms with Crippen molar-refractivity contribution in [2.24, 2.45) is 0 Å². The topological polar surface area (TPSA) is 83.6 Å². The number of nitrogens with zero attached hydrogens (tertiary/aromatic N) is 4. The number of aryl methyl sites for hydroxylation is 3. The van der Waals surface area contributed by atoms with Crippen LogP contribution >= 0.6 is 11.8 Å². The van der Waals surface area contributed by atoms with Crippen LogP contribution in [0.5, 0.6) is 0 Å². The molecular weight excluding hydrogens is 394 g/mol. The fourth-order valence-electron chi connectivity index (χ4n) is 3.22. The summed E-state index contributed by atoms with van der Waals surface area (Å²) >= 11 is 1.28. The van der Waals surface area contributed by atoms with E-state index in [9.17, 15) is 10.1 Å². The number of pyridine rings is 1. The van der Waals surface area contributed by atoms with E-state index < -0.39 is 0 Å². The first-order chi connectivity index (χ1) is 14.2. The zero-order valence-electron chi connectivity index (χ0n) is 18.1.